The molecule has 3 unspecified atom stereocenters. The predicted molar refractivity (Wildman–Crippen MR) is 113 cm³/mol. The van der Waals surface area contributed by atoms with Crippen LogP contribution < -0.4 is 16.0 Å². The van der Waals surface area contributed by atoms with Gasteiger partial charge in [0, 0.05) is 18.7 Å². The zero-order valence-electron chi connectivity index (χ0n) is 16.1. The molecule has 11 heteroatoms. The van der Waals surface area contributed by atoms with Crippen molar-refractivity contribution < 1.29 is 24.2 Å². The van der Waals surface area contributed by atoms with E-state index in [2.05, 4.69) is 20.9 Å². The molecule has 2 aliphatic heterocycles. The first-order chi connectivity index (χ1) is 14.5. The van der Waals surface area contributed by atoms with Crippen LogP contribution in [0, 0.1) is 5.92 Å². The molecule has 3 atom stereocenters. The zero-order valence-corrected chi connectivity index (χ0v) is 17.7. The summed E-state index contributed by atoms with van der Waals surface area (Å²) in [6.45, 7) is 0.747. The largest absolute Gasteiger partial charge is 0.394 e. The number of nitrogens with one attached hydrogen (secondary N) is 3. The van der Waals surface area contributed by atoms with E-state index in [1.807, 2.05) is 12.1 Å². The number of nitrogens with zero attached hydrogens (tertiary/aromatic N) is 1. The Morgan fingerprint density at radius 1 is 1.40 bits per heavy atom. The number of thioether (sulfide) groups is 1. The molecule has 160 valence electrons. The molecule has 9 nitrogen and oxygen atoms in total. The van der Waals surface area contributed by atoms with Gasteiger partial charge >= 0.3 is 0 Å². The number of aliphatic hydroxyl groups excluding tert-OH is 1. The van der Waals surface area contributed by atoms with E-state index < -0.39 is 0 Å². The third-order valence-corrected chi connectivity index (χ3v) is 7.12. The average Bonchev–Trinajstić information content (AvgIpc) is 3.45. The number of aromatic nitrogens is 1. The van der Waals surface area contributed by atoms with Crippen LogP contribution in [-0.4, -0.2) is 65.5 Å². The Balaban J connectivity index is 1.30. The van der Waals surface area contributed by atoms with Gasteiger partial charge in [-0.25, -0.2) is 4.98 Å². The minimum atomic E-state index is -0.350. The van der Waals surface area contributed by atoms with Crippen LogP contribution in [0.1, 0.15) is 12.8 Å². The molecule has 4 N–H and O–H groups in total. The van der Waals surface area contributed by atoms with Crippen LogP contribution in [0.25, 0.3) is 10.2 Å². The number of benzene rings is 1. The molecule has 2 fully saturated rings. The Hall–Kier alpha value is -2.21. The van der Waals surface area contributed by atoms with Crippen molar-refractivity contribution in [3.63, 3.8) is 0 Å². The van der Waals surface area contributed by atoms with Crippen LogP contribution in [0.4, 0.5) is 5.69 Å². The van der Waals surface area contributed by atoms with Crippen molar-refractivity contribution in [3.05, 3.63) is 18.2 Å². The molecule has 0 radical (unpaired) electrons. The second-order valence-electron chi connectivity index (χ2n) is 7.28. The van der Waals surface area contributed by atoms with Gasteiger partial charge in [-0.05, 0) is 24.6 Å². The monoisotopic (exact) mass is 450 g/mol. The van der Waals surface area contributed by atoms with Gasteiger partial charge < -0.3 is 25.8 Å². The molecule has 3 heterocycles. The number of amides is 3. The number of rotatable bonds is 7. The normalized spacial score (nSPS) is 23.5. The molecular weight excluding hydrogens is 428 g/mol. The average molecular weight is 451 g/mol. The van der Waals surface area contributed by atoms with Crippen LogP contribution in [0.15, 0.2) is 22.5 Å². The van der Waals surface area contributed by atoms with Gasteiger partial charge in [0.05, 0.1) is 47.2 Å². The second kappa shape index (κ2) is 9.29. The van der Waals surface area contributed by atoms with E-state index >= 15 is 0 Å². The molecule has 2 saturated heterocycles. The van der Waals surface area contributed by atoms with Crippen LogP contribution in [0.3, 0.4) is 0 Å². The molecule has 3 amide bonds. The molecule has 0 bridgehead atoms. The van der Waals surface area contributed by atoms with E-state index in [0.717, 1.165) is 14.6 Å². The predicted octanol–water partition coefficient (Wildman–Crippen LogP) is 0.729. The lowest BCUT2D eigenvalue weighted by molar-refractivity contribution is -0.123. The van der Waals surface area contributed by atoms with Gasteiger partial charge in [-0.15, -0.1) is 11.3 Å². The maximum atomic E-state index is 12.3. The van der Waals surface area contributed by atoms with Gasteiger partial charge in [0.2, 0.25) is 17.7 Å². The number of thiazole rings is 1. The van der Waals surface area contributed by atoms with Gasteiger partial charge in [-0.2, -0.15) is 0 Å². The van der Waals surface area contributed by atoms with E-state index in [9.17, 15) is 14.4 Å². The number of aliphatic hydroxyl groups is 1. The Labute approximate surface area is 181 Å². The summed E-state index contributed by atoms with van der Waals surface area (Å²) in [5, 5.41) is 17.5. The van der Waals surface area contributed by atoms with Gasteiger partial charge in [0.15, 0.2) is 4.34 Å². The van der Waals surface area contributed by atoms with Gasteiger partial charge in [0.25, 0.3) is 0 Å². The highest BCUT2D eigenvalue weighted by atomic mass is 32.2. The second-order valence-corrected chi connectivity index (χ2v) is 9.54. The van der Waals surface area contributed by atoms with Crippen LogP contribution in [0.2, 0.25) is 0 Å². The van der Waals surface area contributed by atoms with Gasteiger partial charge in [-0.3, -0.25) is 14.4 Å². The standard InChI is InChI=1S/C19H22N4O5S2/c24-7-13-4-12(8-28-13)21-17(26)9-29-19-23-14-2-1-11(5-15(14)30-19)22-18(27)10-3-16(25)20-6-10/h1-2,5,10,12-13,24H,3-4,6-9H2,(H,20,25)(H,21,26)(H,22,27). The first-order valence-electron chi connectivity index (χ1n) is 9.63. The molecule has 1 aromatic carbocycles. The number of carbonyl (C=O) groups excluding carboxylic acids is 3. The van der Waals surface area contributed by atoms with Crippen molar-refractivity contribution >= 4 is 56.7 Å². The third-order valence-electron chi connectivity index (χ3n) is 4.96. The quantitative estimate of drug-likeness (QED) is 0.458. The van der Waals surface area contributed by atoms with E-state index in [1.54, 1.807) is 6.07 Å². The van der Waals surface area contributed by atoms with E-state index in [4.69, 9.17) is 9.84 Å². The van der Waals surface area contributed by atoms with Crippen LogP contribution in [-0.2, 0) is 19.1 Å². The van der Waals surface area contributed by atoms with Crippen LogP contribution >= 0.6 is 23.1 Å². The number of hydrogen-bond acceptors (Lipinski definition) is 8. The number of hydrogen-bond donors (Lipinski definition) is 4. The summed E-state index contributed by atoms with van der Waals surface area (Å²) in [6, 6.07) is 5.39. The summed E-state index contributed by atoms with van der Waals surface area (Å²) >= 11 is 2.81. The number of anilines is 1. The molecule has 2 aliphatic rings. The first-order valence-corrected chi connectivity index (χ1v) is 11.4. The van der Waals surface area contributed by atoms with Crippen molar-refractivity contribution in [1.29, 1.82) is 0 Å². The molecule has 30 heavy (non-hydrogen) atoms. The summed E-state index contributed by atoms with van der Waals surface area (Å²) < 4.78 is 7.04. The fourth-order valence-electron chi connectivity index (χ4n) is 3.41. The Kier molecular flexibility index (Phi) is 6.52. The fourth-order valence-corrected chi connectivity index (χ4v) is 5.33. The Bertz CT molecular complexity index is 966. The zero-order chi connectivity index (χ0) is 21.1. The summed E-state index contributed by atoms with van der Waals surface area (Å²) in [7, 11) is 0. The molecule has 0 saturated carbocycles. The van der Waals surface area contributed by atoms with Crippen molar-refractivity contribution in [2.24, 2.45) is 5.92 Å². The van der Waals surface area contributed by atoms with Gasteiger partial charge in [0.1, 0.15) is 0 Å². The lowest BCUT2D eigenvalue weighted by Gasteiger charge is -2.09. The fraction of sp³-hybridized carbons (Fsp3) is 0.474. The molecule has 4 rings (SSSR count). The number of ether oxygens (including phenoxy) is 1. The number of carbonyl (C=O) groups is 3. The minimum Gasteiger partial charge on any atom is -0.394 e. The Morgan fingerprint density at radius 2 is 2.27 bits per heavy atom. The Morgan fingerprint density at radius 3 is 3.00 bits per heavy atom. The molecule has 2 aromatic rings. The van der Waals surface area contributed by atoms with Crippen LogP contribution in [0.5, 0.6) is 0 Å². The molecule has 1 aromatic heterocycles. The van der Waals surface area contributed by atoms with Gasteiger partial charge in [-0.1, -0.05) is 11.8 Å². The topological polar surface area (TPSA) is 130 Å². The summed E-state index contributed by atoms with van der Waals surface area (Å²) in [5.41, 5.74) is 1.46. The summed E-state index contributed by atoms with van der Waals surface area (Å²) in [6.07, 6.45) is 0.631. The maximum absolute atomic E-state index is 12.3. The van der Waals surface area contributed by atoms with Crippen molar-refractivity contribution in [3.8, 4) is 0 Å². The SMILES string of the molecule is O=C1CC(C(=O)Nc2ccc3nc(SCC(=O)NC4COC(CO)C4)sc3c2)CN1. The molecule has 0 aliphatic carbocycles. The minimum absolute atomic E-state index is 0.0368. The van der Waals surface area contributed by atoms with Crippen molar-refractivity contribution in [1.82, 2.24) is 15.6 Å². The summed E-state index contributed by atoms with van der Waals surface area (Å²) in [4.78, 5) is 40.2. The molecular formula is C19H22N4O5S2. The number of fused-ring (bicyclic) bond motifs is 1. The highest BCUT2D eigenvalue weighted by Crippen LogP contribution is 2.31. The smallest absolute Gasteiger partial charge is 0.230 e. The highest BCUT2D eigenvalue weighted by Gasteiger charge is 2.28. The van der Waals surface area contributed by atoms with Crippen molar-refractivity contribution in [2.75, 3.05) is 30.8 Å². The maximum Gasteiger partial charge on any atom is 0.230 e. The molecule has 0 spiro atoms. The first kappa shape index (κ1) is 21.0. The summed E-state index contributed by atoms with van der Waals surface area (Å²) in [5.74, 6) is -0.488. The lowest BCUT2D eigenvalue weighted by Crippen LogP contribution is -2.36. The van der Waals surface area contributed by atoms with E-state index in [1.165, 1.54) is 23.1 Å². The third kappa shape index (κ3) is 5.09. The lowest BCUT2D eigenvalue weighted by atomic mass is 10.1. The van der Waals surface area contributed by atoms with Crippen molar-refractivity contribution in [2.45, 2.75) is 29.3 Å². The highest BCUT2D eigenvalue weighted by molar-refractivity contribution is 8.01. The van der Waals surface area contributed by atoms with E-state index in [0.29, 0.717) is 25.3 Å². The van der Waals surface area contributed by atoms with E-state index in [-0.39, 0.29) is 54.6 Å².